The molecule has 0 saturated carbocycles. The highest BCUT2D eigenvalue weighted by molar-refractivity contribution is 5.68. The summed E-state index contributed by atoms with van der Waals surface area (Å²) in [6, 6.07) is 3.67. The van der Waals surface area contributed by atoms with Crippen molar-refractivity contribution in [2.45, 2.75) is 45.1 Å². The van der Waals surface area contributed by atoms with Gasteiger partial charge in [-0.3, -0.25) is 4.98 Å². The number of pyridine rings is 1. The molecule has 1 aromatic rings. The van der Waals surface area contributed by atoms with Crippen LogP contribution in [0.2, 0.25) is 0 Å². The normalized spacial score (nSPS) is 19.8. The van der Waals surface area contributed by atoms with Gasteiger partial charge in [-0.2, -0.15) is 0 Å². The van der Waals surface area contributed by atoms with Gasteiger partial charge in [0.2, 0.25) is 0 Å². The second kappa shape index (κ2) is 5.69. The monoisotopic (exact) mass is 277 g/mol. The van der Waals surface area contributed by atoms with E-state index >= 15 is 0 Å². The Bertz CT molecular complexity index is 482. The number of carbonyl (C=O) groups is 1. The molecule has 20 heavy (non-hydrogen) atoms. The Labute approximate surface area is 120 Å². The topological polar surface area (TPSA) is 68.5 Å². The summed E-state index contributed by atoms with van der Waals surface area (Å²) in [6.07, 6.45) is 3.46. The average Bonchev–Trinajstić information content (AvgIpc) is 2.37. The third-order valence-corrected chi connectivity index (χ3v) is 3.30. The van der Waals surface area contributed by atoms with Gasteiger partial charge in [0.05, 0.1) is 0 Å². The second-order valence-corrected chi connectivity index (χ2v) is 6.28. The number of rotatable bonds is 1. The lowest BCUT2D eigenvalue weighted by Crippen LogP contribution is -2.42. The molecule has 0 radical (unpaired) electrons. The van der Waals surface area contributed by atoms with Crippen LogP contribution in [-0.2, 0) is 4.74 Å². The van der Waals surface area contributed by atoms with Crippen LogP contribution in [0, 0.1) is 0 Å². The highest BCUT2D eigenvalue weighted by atomic mass is 16.6. The fraction of sp³-hybridized carbons (Fsp3) is 0.600. The first-order chi connectivity index (χ1) is 9.35. The standard InChI is InChI=1S/C15H23N3O2/c1-15(2,3)20-14(19)18-8-4-5-11(10-18)13-9-12(16)6-7-17-13/h6-7,9,11H,4-5,8,10H2,1-3H3,(H2,16,17). The van der Waals surface area contributed by atoms with Crippen molar-refractivity contribution in [3.8, 4) is 0 Å². The van der Waals surface area contributed by atoms with Crippen LogP contribution in [0.15, 0.2) is 18.3 Å². The van der Waals surface area contributed by atoms with E-state index in [1.54, 1.807) is 17.2 Å². The van der Waals surface area contributed by atoms with E-state index < -0.39 is 5.60 Å². The molecule has 1 aliphatic heterocycles. The molecular weight excluding hydrogens is 254 g/mol. The molecule has 1 fully saturated rings. The van der Waals surface area contributed by atoms with Crippen molar-refractivity contribution in [2.24, 2.45) is 0 Å². The van der Waals surface area contributed by atoms with Crippen molar-refractivity contribution in [1.82, 2.24) is 9.88 Å². The van der Waals surface area contributed by atoms with Gasteiger partial charge in [-0.25, -0.2) is 4.79 Å². The van der Waals surface area contributed by atoms with Crippen molar-refractivity contribution in [1.29, 1.82) is 0 Å². The summed E-state index contributed by atoms with van der Waals surface area (Å²) >= 11 is 0. The lowest BCUT2D eigenvalue weighted by molar-refractivity contribution is 0.0197. The van der Waals surface area contributed by atoms with E-state index in [1.165, 1.54) is 0 Å². The van der Waals surface area contributed by atoms with Crippen LogP contribution in [0.25, 0.3) is 0 Å². The molecule has 1 atom stereocenters. The number of likely N-dealkylation sites (tertiary alicyclic amines) is 1. The predicted octanol–water partition coefficient (Wildman–Crippen LogP) is 2.78. The van der Waals surface area contributed by atoms with Crippen LogP contribution in [-0.4, -0.2) is 34.7 Å². The maximum atomic E-state index is 12.1. The number of nitrogen functional groups attached to an aromatic ring is 1. The second-order valence-electron chi connectivity index (χ2n) is 6.28. The van der Waals surface area contributed by atoms with Gasteiger partial charge >= 0.3 is 6.09 Å². The van der Waals surface area contributed by atoms with Gasteiger partial charge < -0.3 is 15.4 Å². The quantitative estimate of drug-likeness (QED) is 0.857. The summed E-state index contributed by atoms with van der Waals surface area (Å²) in [5, 5.41) is 0. The van der Waals surface area contributed by atoms with Gasteiger partial charge in [-0.1, -0.05) is 0 Å². The number of hydrogen-bond donors (Lipinski definition) is 1. The smallest absolute Gasteiger partial charge is 0.410 e. The maximum Gasteiger partial charge on any atom is 0.410 e. The molecule has 2 rings (SSSR count). The number of hydrogen-bond acceptors (Lipinski definition) is 4. The van der Waals surface area contributed by atoms with Gasteiger partial charge in [0, 0.05) is 36.6 Å². The van der Waals surface area contributed by atoms with Crippen molar-refractivity contribution < 1.29 is 9.53 Å². The van der Waals surface area contributed by atoms with E-state index in [2.05, 4.69) is 4.98 Å². The molecule has 1 saturated heterocycles. The molecule has 5 nitrogen and oxygen atoms in total. The summed E-state index contributed by atoms with van der Waals surface area (Å²) in [7, 11) is 0. The van der Waals surface area contributed by atoms with Crippen LogP contribution < -0.4 is 5.73 Å². The maximum absolute atomic E-state index is 12.1. The van der Waals surface area contributed by atoms with Crippen LogP contribution in [0.3, 0.4) is 0 Å². The molecular formula is C15H23N3O2. The molecule has 5 heteroatoms. The van der Waals surface area contributed by atoms with Crippen molar-refractivity contribution in [3.63, 3.8) is 0 Å². The number of ether oxygens (including phenoxy) is 1. The summed E-state index contributed by atoms with van der Waals surface area (Å²) in [5.41, 5.74) is 7.01. The molecule has 1 amide bonds. The van der Waals surface area contributed by atoms with Crippen molar-refractivity contribution in [3.05, 3.63) is 24.0 Å². The molecule has 110 valence electrons. The van der Waals surface area contributed by atoms with Gasteiger partial charge in [0.1, 0.15) is 5.60 Å². The zero-order valence-corrected chi connectivity index (χ0v) is 12.4. The third-order valence-electron chi connectivity index (χ3n) is 3.30. The number of nitrogens with zero attached hydrogens (tertiary/aromatic N) is 2. The summed E-state index contributed by atoms with van der Waals surface area (Å²) in [6.45, 7) is 7.03. The number of amides is 1. The van der Waals surface area contributed by atoms with Crippen LogP contribution >= 0.6 is 0 Å². The molecule has 0 aliphatic carbocycles. The Balaban J connectivity index is 2.03. The SMILES string of the molecule is CC(C)(C)OC(=O)N1CCCC(c2cc(N)ccn2)C1. The number of piperidine rings is 1. The largest absolute Gasteiger partial charge is 0.444 e. The highest BCUT2D eigenvalue weighted by Gasteiger charge is 2.28. The Morgan fingerprint density at radius 2 is 2.25 bits per heavy atom. The van der Waals surface area contributed by atoms with Gasteiger partial charge in [0.25, 0.3) is 0 Å². The average molecular weight is 277 g/mol. The summed E-state index contributed by atoms with van der Waals surface area (Å²) in [5.74, 6) is 0.236. The van der Waals surface area contributed by atoms with Crippen molar-refractivity contribution >= 4 is 11.8 Å². The molecule has 0 spiro atoms. The molecule has 1 unspecified atom stereocenters. The molecule has 0 bridgehead atoms. The first-order valence-corrected chi connectivity index (χ1v) is 7.04. The van der Waals surface area contributed by atoms with E-state index in [0.29, 0.717) is 12.2 Å². The minimum absolute atomic E-state index is 0.236. The van der Waals surface area contributed by atoms with E-state index in [9.17, 15) is 4.79 Å². The van der Waals surface area contributed by atoms with E-state index in [0.717, 1.165) is 25.1 Å². The third kappa shape index (κ3) is 3.85. The van der Waals surface area contributed by atoms with Gasteiger partial charge in [0.15, 0.2) is 0 Å². The fourth-order valence-corrected chi connectivity index (χ4v) is 2.40. The Kier molecular flexibility index (Phi) is 4.16. The number of aromatic nitrogens is 1. The minimum atomic E-state index is -0.459. The van der Waals surface area contributed by atoms with E-state index in [1.807, 2.05) is 26.8 Å². The first-order valence-electron chi connectivity index (χ1n) is 7.04. The number of anilines is 1. The molecule has 2 N–H and O–H groups in total. The van der Waals surface area contributed by atoms with Gasteiger partial charge in [-0.15, -0.1) is 0 Å². The lowest BCUT2D eigenvalue weighted by atomic mass is 9.94. The summed E-state index contributed by atoms with van der Waals surface area (Å²) < 4.78 is 5.43. The highest BCUT2D eigenvalue weighted by Crippen LogP contribution is 2.27. The molecule has 1 aromatic heterocycles. The molecule has 1 aliphatic rings. The Hall–Kier alpha value is -1.78. The van der Waals surface area contributed by atoms with Crippen molar-refractivity contribution in [2.75, 3.05) is 18.8 Å². The van der Waals surface area contributed by atoms with E-state index in [-0.39, 0.29) is 12.0 Å². The van der Waals surface area contributed by atoms with Gasteiger partial charge in [-0.05, 0) is 45.7 Å². The lowest BCUT2D eigenvalue weighted by Gasteiger charge is -2.33. The Morgan fingerprint density at radius 1 is 1.50 bits per heavy atom. The fourth-order valence-electron chi connectivity index (χ4n) is 2.40. The number of nitrogens with two attached hydrogens (primary N) is 1. The zero-order valence-electron chi connectivity index (χ0n) is 12.4. The molecule has 0 aromatic carbocycles. The summed E-state index contributed by atoms with van der Waals surface area (Å²) in [4.78, 5) is 18.3. The van der Waals surface area contributed by atoms with Crippen LogP contribution in [0.4, 0.5) is 10.5 Å². The predicted molar refractivity (Wildman–Crippen MR) is 78.4 cm³/mol. The zero-order chi connectivity index (χ0) is 14.8. The Morgan fingerprint density at radius 3 is 2.90 bits per heavy atom. The minimum Gasteiger partial charge on any atom is -0.444 e. The molecule has 2 heterocycles. The first kappa shape index (κ1) is 14.6. The van der Waals surface area contributed by atoms with Crippen LogP contribution in [0.5, 0.6) is 0 Å². The van der Waals surface area contributed by atoms with E-state index in [4.69, 9.17) is 10.5 Å². The van der Waals surface area contributed by atoms with Crippen LogP contribution in [0.1, 0.15) is 45.2 Å². The number of carbonyl (C=O) groups excluding carboxylic acids is 1.